The zero-order chi connectivity index (χ0) is 10.5. The predicted molar refractivity (Wildman–Crippen MR) is 62.1 cm³/mol. The van der Waals surface area contributed by atoms with Crippen molar-refractivity contribution in [1.82, 2.24) is 10.2 Å². The zero-order valence-corrected chi connectivity index (χ0v) is 9.87. The van der Waals surface area contributed by atoms with Crippen LogP contribution in [0.1, 0.15) is 25.7 Å². The maximum absolute atomic E-state index is 5.41. The number of hydrogen-bond donors (Lipinski definition) is 1. The minimum atomic E-state index is 0.818. The molecule has 0 saturated carbocycles. The molecule has 0 amide bonds. The van der Waals surface area contributed by atoms with Gasteiger partial charge in [0.05, 0.1) is 0 Å². The molecule has 0 unspecified atom stereocenters. The summed E-state index contributed by atoms with van der Waals surface area (Å²) in [5.41, 5.74) is 0. The quantitative estimate of drug-likeness (QED) is 0.755. The summed E-state index contributed by atoms with van der Waals surface area (Å²) in [7, 11) is 2.05. The smallest absolute Gasteiger partial charge is 0.0480 e. The molecular formula is C12H24N2O. The molecule has 0 radical (unpaired) electrons. The highest BCUT2D eigenvalue weighted by Gasteiger charge is 2.28. The van der Waals surface area contributed by atoms with E-state index in [9.17, 15) is 0 Å². The highest BCUT2D eigenvalue weighted by Crippen LogP contribution is 2.25. The van der Waals surface area contributed by atoms with Gasteiger partial charge in [-0.3, -0.25) is 4.90 Å². The molecule has 0 spiro atoms. The topological polar surface area (TPSA) is 24.5 Å². The highest BCUT2D eigenvalue weighted by atomic mass is 16.5. The van der Waals surface area contributed by atoms with Gasteiger partial charge < -0.3 is 10.1 Å². The summed E-state index contributed by atoms with van der Waals surface area (Å²) in [6.45, 7) is 5.77. The van der Waals surface area contributed by atoms with E-state index in [1.54, 1.807) is 0 Å². The molecule has 0 aromatic heterocycles. The van der Waals surface area contributed by atoms with Crippen molar-refractivity contribution in [3.05, 3.63) is 0 Å². The number of hydrogen-bond acceptors (Lipinski definition) is 3. The van der Waals surface area contributed by atoms with Gasteiger partial charge >= 0.3 is 0 Å². The molecular weight excluding hydrogens is 188 g/mol. The van der Waals surface area contributed by atoms with E-state index in [4.69, 9.17) is 4.74 Å². The predicted octanol–water partition coefficient (Wildman–Crippen LogP) is 1.10. The third kappa shape index (κ3) is 3.16. The Morgan fingerprint density at radius 2 is 2.07 bits per heavy atom. The molecule has 2 rings (SSSR count). The summed E-state index contributed by atoms with van der Waals surface area (Å²) in [5.74, 6) is 0.931. The molecule has 88 valence electrons. The molecule has 0 aromatic rings. The Morgan fingerprint density at radius 1 is 1.27 bits per heavy atom. The van der Waals surface area contributed by atoms with Crippen LogP contribution < -0.4 is 5.32 Å². The summed E-state index contributed by atoms with van der Waals surface area (Å²) in [4.78, 5) is 2.70. The van der Waals surface area contributed by atoms with E-state index in [1.807, 2.05) is 7.05 Å². The van der Waals surface area contributed by atoms with Gasteiger partial charge in [-0.1, -0.05) is 0 Å². The van der Waals surface area contributed by atoms with Crippen LogP contribution in [0.5, 0.6) is 0 Å². The molecule has 3 nitrogen and oxygen atoms in total. The Bertz CT molecular complexity index is 180. The van der Waals surface area contributed by atoms with Crippen molar-refractivity contribution in [3.8, 4) is 0 Å². The van der Waals surface area contributed by atoms with Crippen LogP contribution in [0.3, 0.4) is 0 Å². The Kier molecular flexibility index (Phi) is 4.42. The minimum absolute atomic E-state index is 0.818. The highest BCUT2D eigenvalue weighted by molar-refractivity contribution is 4.82. The van der Waals surface area contributed by atoms with Gasteiger partial charge in [-0.2, -0.15) is 0 Å². The van der Waals surface area contributed by atoms with Gasteiger partial charge in [0.1, 0.15) is 0 Å². The molecule has 2 aliphatic heterocycles. The van der Waals surface area contributed by atoms with Crippen molar-refractivity contribution in [3.63, 3.8) is 0 Å². The van der Waals surface area contributed by atoms with Crippen molar-refractivity contribution in [2.75, 3.05) is 39.9 Å². The van der Waals surface area contributed by atoms with Crippen LogP contribution in [0.2, 0.25) is 0 Å². The molecule has 3 heteroatoms. The second kappa shape index (κ2) is 5.83. The van der Waals surface area contributed by atoms with Crippen molar-refractivity contribution < 1.29 is 4.74 Å². The second-order valence-corrected chi connectivity index (χ2v) is 4.89. The van der Waals surface area contributed by atoms with Crippen LogP contribution in [0.15, 0.2) is 0 Å². The molecule has 2 saturated heterocycles. The summed E-state index contributed by atoms with van der Waals surface area (Å²) in [6, 6.07) is 0.818. The van der Waals surface area contributed by atoms with E-state index in [0.29, 0.717) is 0 Å². The van der Waals surface area contributed by atoms with Crippen molar-refractivity contribution in [2.45, 2.75) is 31.7 Å². The maximum Gasteiger partial charge on any atom is 0.0480 e. The van der Waals surface area contributed by atoms with Crippen LogP contribution in [0.25, 0.3) is 0 Å². The molecule has 2 aliphatic rings. The second-order valence-electron chi connectivity index (χ2n) is 4.89. The molecule has 15 heavy (non-hydrogen) atoms. The Hall–Kier alpha value is -0.120. The van der Waals surface area contributed by atoms with Gasteiger partial charge in [0, 0.05) is 25.8 Å². The summed E-state index contributed by atoms with van der Waals surface area (Å²) in [6.07, 6.45) is 5.24. The van der Waals surface area contributed by atoms with E-state index in [0.717, 1.165) is 25.2 Å². The molecule has 2 heterocycles. The number of nitrogens with one attached hydrogen (secondary N) is 1. The van der Waals surface area contributed by atoms with E-state index >= 15 is 0 Å². The average molecular weight is 212 g/mol. The van der Waals surface area contributed by atoms with Crippen molar-refractivity contribution >= 4 is 0 Å². The lowest BCUT2D eigenvalue weighted by molar-refractivity contribution is 0.0410. The lowest BCUT2D eigenvalue weighted by Crippen LogP contribution is -2.38. The molecule has 1 atom stereocenters. The van der Waals surface area contributed by atoms with Crippen LogP contribution in [0, 0.1) is 5.92 Å². The minimum Gasteiger partial charge on any atom is -0.381 e. The van der Waals surface area contributed by atoms with E-state index in [-0.39, 0.29) is 0 Å². The van der Waals surface area contributed by atoms with Gasteiger partial charge in [-0.25, -0.2) is 0 Å². The molecule has 0 aromatic carbocycles. The fourth-order valence-corrected chi connectivity index (χ4v) is 2.83. The third-order valence-electron chi connectivity index (χ3n) is 3.83. The fourth-order valence-electron chi connectivity index (χ4n) is 2.83. The van der Waals surface area contributed by atoms with Crippen LogP contribution in [0.4, 0.5) is 0 Å². The van der Waals surface area contributed by atoms with Crippen LogP contribution in [-0.2, 0) is 4.74 Å². The molecule has 1 N–H and O–H groups in total. The van der Waals surface area contributed by atoms with Gasteiger partial charge in [-0.05, 0) is 51.7 Å². The number of nitrogens with zero attached hydrogens (tertiary/aromatic N) is 1. The first-order valence-electron chi connectivity index (χ1n) is 6.36. The Labute approximate surface area is 93.2 Å². The molecule has 0 bridgehead atoms. The largest absolute Gasteiger partial charge is 0.381 e. The number of ether oxygens (including phenoxy) is 1. The van der Waals surface area contributed by atoms with Crippen LogP contribution in [-0.4, -0.2) is 50.8 Å². The van der Waals surface area contributed by atoms with E-state index in [1.165, 1.54) is 45.3 Å². The first-order valence-corrected chi connectivity index (χ1v) is 6.36. The number of likely N-dealkylation sites (tertiary alicyclic amines) is 1. The monoisotopic (exact) mass is 212 g/mol. The first-order chi connectivity index (χ1) is 7.40. The van der Waals surface area contributed by atoms with E-state index < -0.39 is 0 Å². The van der Waals surface area contributed by atoms with Gasteiger partial charge in [0.25, 0.3) is 0 Å². The van der Waals surface area contributed by atoms with Gasteiger partial charge in [-0.15, -0.1) is 0 Å². The third-order valence-corrected chi connectivity index (χ3v) is 3.83. The Morgan fingerprint density at radius 3 is 2.80 bits per heavy atom. The fraction of sp³-hybridized carbons (Fsp3) is 1.00. The van der Waals surface area contributed by atoms with Crippen molar-refractivity contribution in [2.24, 2.45) is 5.92 Å². The maximum atomic E-state index is 5.41. The lowest BCUT2D eigenvalue weighted by Gasteiger charge is -2.31. The lowest BCUT2D eigenvalue weighted by atomic mass is 10.0. The van der Waals surface area contributed by atoms with Crippen LogP contribution >= 0.6 is 0 Å². The SMILES string of the molecule is CNCC[C@H]1CCN(C2CCOCC2)C1. The summed E-state index contributed by atoms with van der Waals surface area (Å²) < 4.78 is 5.41. The van der Waals surface area contributed by atoms with Crippen molar-refractivity contribution in [1.29, 1.82) is 0 Å². The summed E-state index contributed by atoms with van der Waals surface area (Å²) >= 11 is 0. The molecule has 0 aliphatic carbocycles. The van der Waals surface area contributed by atoms with Gasteiger partial charge in [0.15, 0.2) is 0 Å². The first kappa shape index (κ1) is 11.4. The normalized spacial score (nSPS) is 29.8. The average Bonchev–Trinajstić information content (AvgIpc) is 2.76. The molecule has 2 fully saturated rings. The Balaban J connectivity index is 1.71. The van der Waals surface area contributed by atoms with Gasteiger partial charge in [0.2, 0.25) is 0 Å². The standard InChI is InChI=1S/C12H24N2O/c1-13-6-2-11-3-7-14(10-11)12-4-8-15-9-5-12/h11-13H,2-10H2,1H3/t11-/m0/s1. The number of rotatable bonds is 4. The zero-order valence-electron chi connectivity index (χ0n) is 9.87. The summed E-state index contributed by atoms with van der Waals surface area (Å²) in [5, 5.41) is 3.25. The van der Waals surface area contributed by atoms with E-state index in [2.05, 4.69) is 10.2 Å².